The number of anilines is 1. The van der Waals surface area contributed by atoms with Gasteiger partial charge >= 0.3 is 0 Å². The number of para-hydroxylation sites is 1. The minimum Gasteiger partial charge on any atom is -0.346 e. The van der Waals surface area contributed by atoms with E-state index in [1.807, 2.05) is 30.5 Å². The van der Waals surface area contributed by atoms with Gasteiger partial charge in [-0.25, -0.2) is 0 Å². The van der Waals surface area contributed by atoms with Crippen LogP contribution in [0.15, 0.2) is 29.2 Å². The predicted molar refractivity (Wildman–Crippen MR) is 68.9 cm³/mol. The topological polar surface area (TPSA) is 84.2 Å². The van der Waals surface area contributed by atoms with Gasteiger partial charge in [0.15, 0.2) is 0 Å². The number of nitrogens with one attached hydrogen (secondary N) is 2. The van der Waals surface area contributed by atoms with Crippen molar-refractivity contribution in [3.63, 3.8) is 0 Å². The van der Waals surface area contributed by atoms with Crippen LogP contribution in [0.5, 0.6) is 0 Å². The smallest absolute Gasteiger partial charge is 0.243 e. The summed E-state index contributed by atoms with van der Waals surface area (Å²) in [6, 6.07) is 7.47. The van der Waals surface area contributed by atoms with Gasteiger partial charge in [-0.1, -0.05) is 12.1 Å². The highest BCUT2D eigenvalue weighted by molar-refractivity contribution is 7.98. The molecule has 2 amide bonds. The summed E-state index contributed by atoms with van der Waals surface area (Å²) in [6.45, 7) is -0.187. The minimum atomic E-state index is -0.349. The van der Waals surface area contributed by atoms with Crippen LogP contribution >= 0.6 is 11.8 Å². The van der Waals surface area contributed by atoms with Crippen LogP contribution in [-0.4, -0.2) is 31.2 Å². The van der Waals surface area contributed by atoms with Crippen LogP contribution in [0, 0.1) is 0 Å². The van der Waals surface area contributed by atoms with Crippen LogP contribution in [0.1, 0.15) is 0 Å². The molecule has 92 valence electrons. The molecule has 0 aliphatic heterocycles. The third-order valence-corrected chi connectivity index (χ3v) is 2.81. The first-order valence-electron chi connectivity index (χ1n) is 5.07. The van der Waals surface area contributed by atoms with E-state index in [0.29, 0.717) is 0 Å². The Labute approximate surface area is 104 Å². The molecule has 0 heterocycles. The highest BCUT2D eigenvalue weighted by Gasteiger charge is 2.06. The van der Waals surface area contributed by atoms with E-state index in [9.17, 15) is 9.59 Å². The van der Waals surface area contributed by atoms with Crippen LogP contribution in [0.25, 0.3) is 0 Å². The third kappa shape index (κ3) is 4.46. The Morgan fingerprint density at radius 1 is 1.29 bits per heavy atom. The Morgan fingerprint density at radius 2 is 2.00 bits per heavy atom. The Balaban J connectivity index is 2.53. The second kappa shape index (κ2) is 6.93. The summed E-state index contributed by atoms with van der Waals surface area (Å²) in [5, 5.41) is 5.13. The Bertz CT molecular complexity index is 409. The largest absolute Gasteiger partial charge is 0.346 e. The van der Waals surface area contributed by atoms with Crippen molar-refractivity contribution in [3.05, 3.63) is 24.3 Å². The SMILES string of the molecule is CSc1ccccc1NC(=O)CNC(=O)CN. The van der Waals surface area contributed by atoms with Gasteiger partial charge in [-0.15, -0.1) is 11.8 Å². The van der Waals surface area contributed by atoms with Gasteiger partial charge in [-0.3, -0.25) is 9.59 Å². The van der Waals surface area contributed by atoms with Gasteiger partial charge in [0.05, 0.1) is 18.8 Å². The summed E-state index contributed by atoms with van der Waals surface area (Å²) in [5.74, 6) is -0.619. The molecular weight excluding hydrogens is 238 g/mol. The summed E-state index contributed by atoms with van der Waals surface area (Å²) in [5.41, 5.74) is 5.85. The van der Waals surface area contributed by atoms with Crippen molar-refractivity contribution in [2.45, 2.75) is 4.90 Å². The summed E-state index contributed by atoms with van der Waals surface area (Å²) in [6.07, 6.45) is 1.93. The van der Waals surface area contributed by atoms with Gasteiger partial charge < -0.3 is 16.4 Å². The van der Waals surface area contributed by atoms with E-state index in [1.165, 1.54) is 0 Å². The zero-order chi connectivity index (χ0) is 12.7. The zero-order valence-corrected chi connectivity index (χ0v) is 10.3. The number of nitrogens with two attached hydrogens (primary N) is 1. The molecule has 0 saturated carbocycles. The highest BCUT2D eigenvalue weighted by atomic mass is 32.2. The molecule has 0 aromatic heterocycles. The van der Waals surface area contributed by atoms with Gasteiger partial charge in [0.25, 0.3) is 0 Å². The van der Waals surface area contributed by atoms with Crippen molar-refractivity contribution in [3.8, 4) is 0 Å². The van der Waals surface area contributed by atoms with Crippen LogP contribution in [0.2, 0.25) is 0 Å². The van der Waals surface area contributed by atoms with E-state index in [1.54, 1.807) is 11.8 Å². The van der Waals surface area contributed by atoms with E-state index in [-0.39, 0.29) is 24.9 Å². The lowest BCUT2D eigenvalue weighted by molar-refractivity contribution is -0.123. The molecule has 5 nitrogen and oxygen atoms in total. The molecule has 0 fully saturated rings. The normalized spacial score (nSPS) is 9.76. The monoisotopic (exact) mass is 253 g/mol. The number of amides is 2. The van der Waals surface area contributed by atoms with Gasteiger partial charge in [0, 0.05) is 4.90 Å². The van der Waals surface area contributed by atoms with Crippen LogP contribution < -0.4 is 16.4 Å². The van der Waals surface area contributed by atoms with Gasteiger partial charge in [0.1, 0.15) is 0 Å². The lowest BCUT2D eigenvalue weighted by Gasteiger charge is -2.09. The first-order valence-corrected chi connectivity index (χ1v) is 6.29. The van der Waals surface area contributed by atoms with Crippen LogP contribution in [0.4, 0.5) is 5.69 Å². The molecule has 4 N–H and O–H groups in total. The minimum absolute atomic E-state index is 0.0707. The first-order chi connectivity index (χ1) is 8.17. The average Bonchev–Trinajstić information content (AvgIpc) is 2.36. The Hall–Kier alpha value is -1.53. The first kappa shape index (κ1) is 13.5. The van der Waals surface area contributed by atoms with E-state index >= 15 is 0 Å². The van der Waals surface area contributed by atoms with Crippen LogP contribution in [-0.2, 0) is 9.59 Å². The van der Waals surface area contributed by atoms with E-state index in [2.05, 4.69) is 10.6 Å². The molecule has 0 aliphatic carbocycles. The lowest BCUT2D eigenvalue weighted by atomic mass is 10.3. The lowest BCUT2D eigenvalue weighted by Crippen LogP contribution is -2.36. The molecule has 0 unspecified atom stereocenters. The van der Waals surface area contributed by atoms with Crippen molar-refractivity contribution in [1.82, 2.24) is 5.32 Å². The summed E-state index contributed by atoms with van der Waals surface area (Å²) in [4.78, 5) is 23.4. The summed E-state index contributed by atoms with van der Waals surface area (Å²) < 4.78 is 0. The standard InChI is InChI=1S/C11H15N3O2S/c1-17-9-5-3-2-4-8(9)14-11(16)7-13-10(15)6-12/h2-5H,6-7,12H2,1H3,(H,13,15)(H,14,16). The summed E-state index contributed by atoms with van der Waals surface area (Å²) >= 11 is 1.54. The molecule has 0 spiro atoms. The van der Waals surface area contributed by atoms with Crippen molar-refractivity contribution in [2.75, 3.05) is 24.7 Å². The number of hydrogen-bond donors (Lipinski definition) is 3. The fraction of sp³-hybridized carbons (Fsp3) is 0.273. The maximum absolute atomic E-state index is 11.5. The molecule has 17 heavy (non-hydrogen) atoms. The molecule has 1 rings (SSSR count). The molecular formula is C11H15N3O2S. The second-order valence-corrected chi connectivity index (χ2v) is 4.08. The fourth-order valence-corrected chi connectivity index (χ4v) is 1.75. The number of thioether (sulfide) groups is 1. The fourth-order valence-electron chi connectivity index (χ4n) is 1.19. The van der Waals surface area contributed by atoms with Crippen molar-refractivity contribution in [2.24, 2.45) is 5.73 Å². The number of rotatable bonds is 5. The third-order valence-electron chi connectivity index (χ3n) is 2.01. The van der Waals surface area contributed by atoms with Gasteiger partial charge in [-0.2, -0.15) is 0 Å². The molecule has 0 radical (unpaired) electrons. The molecule has 1 aromatic carbocycles. The predicted octanol–water partition coefficient (Wildman–Crippen LogP) is 0.422. The Morgan fingerprint density at radius 3 is 2.65 bits per heavy atom. The van der Waals surface area contributed by atoms with E-state index < -0.39 is 0 Å². The molecule has 6 heteroatoms. The number of benzene rings is 1. The van der Waals surface area contributed by atoms with Crippen LogP contribution in [0.3, 0.4) is 0 Å². The van der Waals surface area contributed by atoms with Crippen molar-refractivity contribution in [1.29, 1.82) is 0 Å². The highest BCUT2D eigenvalue weighted by Crippen LogP contribution is 2.24. The van der Waals surface area contributed by atoms with Crippen molar-refractivity contribution >= 4 is 29.3 Å². The average molecular weight is 253 g/mol. The van der Waals surface area contributed by atoms with E-state index in [4.69, 9.17) is 5.73 Å². The van der Waals surface area contributed by atoms with Gasteiger partial charge in [-0.05, 0) is 18.4 Å². The zero-order valence-electron chi connectivity index (χ0n) is 9.53. The molecule has 0 saturated heterocycles. The quantitative estimate of drug-likeness (QED) is 0.664. The van der Waals surface area contributed by atoms with Crippen molar-refractivity contribution < 1.29 is 9.59 Å². The molecule has 0 bridgehead atoms. The second-order valence-electron chi connectivity index (χ2n) is 3.23. The molecule has 0 atom stereocenters. The number of carbonyl (C=O) groups is 2. The number of carbonyl (C=O) groups excluding carboxylic acids is 2. The molecule has 0 aliphatic rings. The van der Waals surface area contributed by atoms with E-state index in [0.717, 1.165) is 10.6 Å². The molecule has 1 aromatic rings. The number of hydrogen-bond acceptors (Lipinski definition) is 4. The maximum Gasteiger partial charge on any atom is 0.243 e. The van der Waals surface area contributed by atoms with Gasteiger partial charge in [0.2, 0.25) is 11.8 Å². The summed E-state index contributed by atoms with van der Waals surface area (Å²) in [7, 11) is 0. The maximum atomic E-state index is 11.5. The Kier molecular flexibility index (Phi) is 5.51.